The van der Waals surface area contributed by atoms with Crippen LogP contribution in [0.1, 0.15) is 33.1 Å². The van der Waals surface area contributed by atoms with Crippen molar-refractivity contribution in [1.82, 2.24) is 0 Å². The van der Waals surface area contributed by atoms with Crippen molar-refractivity contribution < 1.29 is 24.2 Å². The van der Waals surface area contributed by atoms with Crippen molar-refractivity contribution in [2.45, 2.75) is 39.2 Å². The van der Waals surface area contributed by atoms with E-state index in [2.05, 4.69) is 4.74 Å². The zero-order chi connectivity index (χ0) is 14.7. The van der Waals surface area contributed by atoms with Crippen molar-refractivity contribution in [3.63, 3.8) is 0 Å². The molecule has 2 atom stereocenters. The van der Waals surface area contributed by atoms with Crippen LogP contribution in [0.4, 0.5) is 0 Å². The second-order valence-corrected chi connectivity index (χ2v) is 6.25. The van der Waals surface area contributed by atoms with Crippen LogP contribution < -0.4 is 0 Å². The van der Waals surface area contributed by atoms with Crippen molar-refractivity contribution in [3.05, 3.63) is 22.7 Å². The molecule has 0 aromatic carbocycles. The largest absolute Gasteiger partial charge is 0.508 e. The average Bonchev–Trinajstić information content (AvgIpc) is 2.91. The molecule has 1 heterocycles. The van der Waals surface area contributed by atoms with Gasteiger partial charge in [0.15, 0.2) is 11.9 Å². The molecule has 20 heavy (non-hydrogen) atoms. The van der Waals surface area contributed by atoms with Crippen LogP contribution in [0, 0.1) is 11.3 Å². The van der Waals surface area contributed by atoms with Gasteiger partial charge < -0.3 is 14.6 Å². The molecular formula is C15H18O5. The van der Waals surface area contributed by atoms with Gasteiger partial charge in [-0.15, -0.1) is 0 Å². The van der Waals surface area contributed by atoms with E-state index in [-0.39, 0.29) is 23.0 Å². The fourth-order valence-corrected chi connectivity index (χ4v) is 3.31. The van der Waals surface area contributed by atoms with E-state index in [4.69, 9.17) is 4.74 Å². The number of Topliss-reactive ketones (excluding diaryl/α,β-unsaturated/α-hetero) is 1. The third-order valence-corrected chi connectivity index (χ3v) is 4.58. The Kier molecular flexibility index (Phi) is 2.71. The van der Waals surface area contributed by atoms with Crippen molar-refractivity contribution in [2.75, 3.05) is 7.11 Å². The number of fused-ring (bicyclic) bond motifs is 2. The summed E-state index contributed by atoms with van der Waals surface area (Å²) in [6, 6.07) is 0. The minimum Gasteiger partial charge on any atom is -0.508 e. The van der Waals surface area contributed by atoms with Crippen LogP contribution in [-0.4, -0.2) is 30.1 Å². The lowest BCUT2D eigenvalue weighted by molar-refractivity contribution is -0.136. The number of methoxy groups -OCH3 is 1. The van der Waals surface area contributed by atoms with E-state index >= 15 is 0 Å². The van der Waals surface area contributed by atoms with Crippen molar-refractivity contribution in [1.29, 1.82) is 0 Å². The third kappa shape index (κ3) is 1.62. The minimum atomic E-state index is -0.591. The molecule has 0 fully saturated rings. The number of rotatable bonds is 1. The summed E-state index contributed by atoms with van der Waals surface area (Å²) in [6.45, 7) is 3.85. The fourth-order valence-electron chi connectivity index (χ4n) is 3.31. The van der Waals surface area contributed by atoms with E-state index in [9.17, 15) is 14.7 Å². The Morgan fingerprint density at radius 2 is 2.15 bits per heavy atom. The van der Waals surface area contributed by atoms with Gasteiger partial charge in [-0.3, -0.25) is 4.79 Å². The molecule has 0 saturated heterocycles. The highest BCUT2D eigenvalue weighted by Gasteiger charge is 2.52. The van der Waals surface area contributed by atoms with Crippen LogP contribution in [0.3, 0.4) is 0 Å². The van der Waals surface area contributed by atoms with Gasteiger partial charge in [0.25, 0.3) is 0 Å². The summed E-state index contributed by atoms with van der Waals surface area (Å²) in [5.41, 5.74) is 0.489. The van der Waals surface area contributed by atoms with E-state index in [1.165, 1.54) is 7.11 Å². The number of ether oxygens (including phenoxy) is 2. The molecule has 0 radical (unpaired) electrons. The van der Waals surface area contributed by atoms with E-state index in [1.54, 1.807) is 0 Å². The number of esters is 1. The third-order valence-electron chi connectivity index (χ3n) is 4.58. The van der Waals surface area contributed by atoms with Gasteiger partial charge in [-0.05, 0) is 12.8 Å². The molecule has 0 saturated carbocycles. The van der Waals surface area contributed by atoms with Crippen LogP contribution in [0.25, 0.3) is 0 Å². The first-order chi connectivity index (χ1) is 9.36. The summed E-state index contributed by atoms with van der Waals surface area (Å²) >= 11 is 0. The molecule has 108 valence electrons. The monoisotopic (exact) mass is 278 g/mol. The van der Waals surface area contributed by atoms with Crippen LogP contribution in [0.2, 0.25) is 0 Å². The topological polar surface area (TPSA) is 72.8 Å². The van der Waals surface area contributed by atoms with Gasteiger partial charge in [0.1, 0.15) is 11.5 Å². The predicted octanol–water partition coefficient (Wildman–Crippen LogP) is 2.03. The number of hydrogen-bond acceptors (Lipinski definition) is 5. The highest BCUT2D eigenvalue weighted by Crippen LogP contribution is 2.51. The molecule has 0 amide bonds. The zero-order valence-corrected chi connectivity index (χ0v) is 11.9. The molecule has 5 heteroatoms. The minimum absolute atomic E-state index is 0.0742. The zero-order valence-electron chi connectivity index (χ0n) is 11.9. The average molecular weight is 278 g/mol. The molecule has 0 spiro atoms. The molecule has 1 aliphatic heterocycles. The summed E-state index contributed by atoms with van der Waals surface area (Å²) < 4.78 is 10.4. The highest BCUT2D eigenvalue weighted by molar-refractivity contribution is 6.02. The first-order valence-corrected chi connectivity index (χ1v) is 6.81. The van der Waals surface area contributed by atoms with Gasteiger partial charge in [-0.2, -0.15) is 0 Å². The fraction of sp³-hybridized carbons (Fsp3) is 0.600. The number of carbonyl (C=O) groups excluding carboxylic acids is 2. The molecule has 5 nitrogen and oxygen atoms in total. The maximum Gasteiger partial charge on any atom is 0.337 e. The smallest absolute Gasteiger partial charge is 0.337 e. The molecule has 0 aromatic heterocycles. The second kappa shape index (κ2) is 4.11. The molecule has 0 bridgehead atoms. The van der Waals surface area contributed by atoms with Crippen LogP contribution in [0.15, 0.2) is 22.7 Å². The Labute approximate surface area is 117 Å². The van der Waals surface area contributed by atoms with Crippen molar-refractivity contribution in [3.8, 4) is 0 Å². The quantitative estimate of drug-likeness (QED) is 0.743. The van der Waals surface area contributed by atoms with E-state index in [1.807, 2.05) is 13.8 Å². The summed E-state index contributed by atoms with van der Waals surface area (Å²) in [4.78, 5) is 24.2. The Morgan fingerprint density at radius 3 is 2.80 bits per heavy atom. The first-order valence-electron chi connectivity index (χ1n) is 6.81. The standard InChI is InChI=1S/C15H18O5/c1-15(2)5-4-9-10(13(15)17)7-6-8(14(18)19-3)11(16)12(7)20-9/h7,12,16H,4-6H2,1-3H3/t7-,12+/m0/s1. The van der Waals surface area contributed by atoms with Gasteiger partial charge in [0, 0.05) is 23.3 Å². The lowest BCUT2D eigenvalue weighted by Gasteiger charge is -2.29. The Bertz CT molecular complexity index is 567. The van der Waals surface area contributed by atoms with E-state index < -0.39 is 17.5 Å². The number of ketones is 1. The number of carbonyl (C=O) groups is 2. The molecule has 3 rings (SSSR count). The molecular weight excluding hydrogens is 260 g/mol. The second-order valence-electron chi connectivity index (χ2n) is 6.25. The lowest BCUT2D eigenvalue weighted by atomic mass is 9.72. The summed E-state index contributed by atoms with van der Waals surface area (Å²) in [5.74, 6) is -0.108. The van der Waals surface area contributed by atoms with E-state index in [0.29, 0.717) is 24.2 Å². The maximum atomic E-state index is 12.6. The summed E-state index contributed by atoms with van der Waals surface area (Å²) in [5, 5.41) is 10.1. The molecule has 0 unspecified atom stereocenters. The number of allylic oxidation sites excluding steroid dienone is 1. The normalized spacial score (nSPS) is 31.1. The summed E-state index contributed by atoms with van der Waals surface area (Å²) in [7, 11) is 1.27. The molecule has 0 aromatic rings. The number of hydrogen-bond donors (Lipinski definition) is 1. The van der Waals surface area contributed by atoms with Gasteiger partial charge in [0.2, 0.25) is 0 Å². The summed E-state index contributed by atoms with van der Waals surface area (Å²) in [6.07, 6.45) is 1.18. The Morgan fingerprint density at radius 1 is 1.45 bits per heavy atom. The van der Waals surface area contributed by atoms with E-state index in [0.717, 1.165) is 6.42 Å². The van der Waals surface area contributed by atoms with Gasteiger partial charge in [0.05, 0.1) is 12.7 Å². The van der Waals surface area contributed by atoms with Crippen LogP contribution in [0.5, 0.6) is 0 Å². The Hall–Kier alpha value is -1.78. The number of aliphatic hydroxyl groups is 1. The highest BCUT2D eigenvalue weighted by atomic mass is 16.5. The predicted molar refractivity (Wildman–Crippen MR) is 69.7 cm³/mol. The van der Waals surface area contributed by atoms with Crippen molar-refractivity contribution >= 4 is 11.8 Å². The van der Waals surface area contributed by atoms with Crippen LogP contribution >= 0.6 is 0 Å². The number of aliphatic hydroxyl groups excluding tert-OH is 1. The maximum absolute atomic E-state index is 12.6. The van der Waals surface area contributed by atoms with Gasteiger partial charge in [-0.1, -0.05) is 13.8 Å². The molecule has 2 aliphatic carbocycles. The van der Waals surface area contributed by atoms with Gasteiger partial charge >= 0.3 is 5.97 Å². The SMILES string of the molecule is COC(=O)C1=C(O)[C@@H]2OC3=C(C(=O)C(C)(C)CC3)[C@@H]2C1. The van der Waals surface area contributed by atoms with Crippen molar-refractivity contribution in [2.24, 2.45) is 11.3 Å². The van der Waals surface area contributed by atoms with Gasteiger partial charge in [-0.25, -0.2) is 4.79 Å². The van der Waals surface area contributed by atoms with Crippen LogP contribution in [-0.2, 0) is 19.1 Å². The molecule has 1 N–H and O–H groups in total. The Balaban J connectivity index is 1.93. The first kappa shape index (κ1) is 13.2. The lowest BCUT2D eigenvalue weighted by Crippen LogP contribution is -2.32. The molecule has 3 aliphatic rings.